The molecule has 3 rings (SSSR count). The summed E-state index contributed by atoms with van der Waals surface area (Å²) in [5.74, 6) is -0.989. The molecule has 0 spiro atoms. The molecule has 0 aromatic heterocycles. The molecule has 2 N–H and O–H groups in total. The summed E-state index contributed by atoms with van der Waals surface area (Å²) in [4.78, 5) is 22.5. The highest BCUT2D eigenvalue weighted by Gasteiger charge is 2.31. The van der Waals surface area contributed by atoms with Gasteiger partial charge >= 0.3 is 0 Å². The first-order chi connectivity index (χ1) is 13.6. The number of nitrogens with one attached hydrogen (secondary N) is 2. The Morgan fingerprint density at radius 3 is 2.52 bits per heavy atom. The number of nitro groups is 1. The van der Waals surface area contributed by atoms with Crippen LogP contribution < -0.4 is 10.0 Å². The van der Waals surface area contributed by atoms with E-state index in [1.807, 2.05) is 0 Å². The van der Waals surface area contributed by atoms with Crippen molar-refractivity contribution in [3.8, 4) is 0 Å². The zero-order chi connectivity index (χ0) is 21.2. The molecule has 0 saturated carbocycles. The monoisotopic (exact) mass is 439 g/mol. The quantitative estimate of drug-likeness (QED) is 0.508. The molecule has 0 aliphatic carbocycles. The van der Waals surface area contributed by atoms with Gasteiger partial charge in [0.25, 0.3) is 11.6 Å². The van der Waals surface area contributed by atoms with Crippen molar-refractivity contribution in [1.82, 2.24) is 4.72 Å². The number of non-ortho nitro benzene ring substituents is 1. The van der Waals surface area contributed by atoms with Crippen LogP contribution in [0, 0.1) is 10.1 Å². The van der Waals surface area contributed by atoms with Gasteiger partial charge in [0.15, 0.2) is 9.84 Å². The second kappa shape index (κ2) is 7.89. The van der Waals surface area contributed by atoms with Crippen molar-refractivity contribution >= 4 is 37.1 Å². The first-order valence-corrected chi connectivity index (χ1v) is 11.7. The van der Waals surface area contributed by atoms with Gasteiger partial charge in [0.05, 0.1) is 21.3 Å². The summed E-state index contributed by atoms with van der Waals surface area (Å²) < 4.78 is 50.5. The molecule has 29 heavy (non-hydrogen) atoms. The molecule has 2 aromatic rings. The summed E-state index contributed by atoms with van der Waals surface area (Å²) in [6, 6.07) is 9.83. The topological polar surface area (TPSA) is 153 Å². The SMILES string of the molecule is O=C(Nc1cccc([N+](=O)[O-])c1)c1cccc(S(=O)(=O)NC2CCS(=O)(=O)C2)c1. The molecule has 2 aromatic carbocycles. The van der Waals surface area contributed by atoms with Gasteiger partial charge in [-0.2, -0.15) is 0 Å². The minimum absolute atomic E-state index is 0.0263. The van der Waals surface area contributed by atoms with Gasteiger partial charge in [0.2, 0.25) is 10.0 Å². The smallest absolute Gasteiger partial charge is 0.271 e. The van der Waals surface area contributed by atoms with Gasteiger partial charge in [0, 0.05) is 29.4 Å². The third-order valence-corrected chi connectivity index (χ3v) is 7.56. The van der Waals surface area contributed by atoms with Crippen LogP contribution in [-0.4, -0.2) is 45.2 Å². The molecule has 1 saturated heterocycles. The number of nitrogens with zero attached hydrogens (tertiary/aromatic N) is 1. The number of hydrogen-bond donors (Lipinski definition) is 2. The average Bonchev–Trinajstić information content (AvgIpc) is 2.99. The van der Waals surface area contributed by atoms with Crippen molar-refractivity contribution in [3.05, 3.63) is 64.2 Å². The third kappa shape index (κ3) is 5.16. The first kappa shape index (κ1) is 20.9. The largest absolute Gasteiger partial charge is 0.322 e. The maximum absolute atomic E-state index is 12.5. The number of anilines is 1. The Balaban J connectivity index is 1.77. The molecular formula is C17H17N3O7S2. The Labute approximate surface area is 167 Å². The lowest BCUT2D eigenvalue weighted by molar-refractivity contribution is -0.384. The highest BCUT2D eigenvalue weighted by atomic mass is 32.2. The number of hydrogen-bond acceptors (Lipinski definition) is 7. The highest BCUT2D eigenvalue weighted by Crippen LogP contribution is 2.20. The summed E-state index contributed by atoms with van der Waals surface area (Å²) in [5, 5.41) is 13.3. The predicted octanol–water partition coefficient (Wildman–Crippen LogP) is 1.31. The molecule has 0 radical (unpaired) electrons. The Hall–Kier alpha value is -2.83. The van der Waals surface area contributed by atoms with Crippen LogP contribution in [0.4, 0.5) is 11.4 Å². The van der Waals surface area contributed by atoms with Crippen LogP contribution in [-0.2, 0) is 19.9 Å². The van der Waals surface area contributed by atoms with Gasteiger partial charge in [-0.1, -0.05) is 12.1 Å². The molecular weight excluding hydrogens is 422 g/mol. The number of benzene rings is 2. The fraction of sp³-hybridized carbons (Fsp3) is 0.235. The molecule has 1 amide bonds. The van der Waals surface area contributed by atoms with E-state index in [0.29, 0.717) is 0 Å². The van der Waals surface area contributed by atoms with Crippen LogP contribution in [0.1, 0.15) is 16.8 Å². The van der Waals surface area contributed by atoms with E-state index in [9.17, 15) is 31.7 Å². The summed E-state index contributed by atoms with van der Waals surface area (Å²) >= 11 is 0. The molecule has 1 heterocycles. The lowest BCUT2D eigenvalue weighted by atomic mass is 10.2. The van der Waals surface area contributed by atoms with E-state index in [2.05, 4.69) is 10.0 Å². The summed E-state index contributed by atoms with van der Waals surface area (Å²) in [6.07, 6.45) is 0.189. The Bertz CT molecular complexity index is 1180. The second-order valence-corrected chi connectivity index (χ2v) is 10.5. The van der Waals surface area contributed by atoms with E-state index in [-0.39, 0.29) is 39.8 Å². The molecule has 10 nitrogen and oxygen atoms in total. The second-order valence-electron chi connectivity index (χ2n) is 6.51. The third-order valence-electron chi connectivity index (χ3n) is 4.28. The van der Waals surface area contributed by atoms with Gasteiger partial charge in [-0.25, -0.2) is 21.6 Å². The van der Waals surface area contributed by atoms with Crippen molar-refractivity contribution in [3.63, 3.8) is 0 Å². The van der Waals surface area contributed by atoms with E-state index in [0.717, 1.165) is 6.07 Å². The van der Waals surface area contributed by atoms with Gasteiger partial charge in [-0.15, -0.1) is 0 Å². The van der Waals surface area contributed by atoms with Gasteiger partial charge in [-0.05, 0) is 30.7 Å². The molecule has 1 atom stereocenters. The van der Waals surface area contributed by atoms with Gasteiger partial charge in [-0.3, -0.25) is 14.9 Å². The van der Waals surface area contributed by atoms with Crippen LogP contribution in [0.3, 0.4) is 0 Å². The first-order valence-electron chi connectivity index (χ1n) is 8.44. The van der Waals surface area contributed by atoms with Crippen LogP contribution >= 0.6 is 0 Å². The van der Waals surface area contributed by atoms with Crippen LogP contribution in [0.25, 0.3) is 0 Å². The fourth-order valence-electron chi connectivity index (χ4n) is 2.88. The van der Waals surface area contributed by atoms with Crippen LogP contribution in [0.2, 0.25) is 0 Å². The summed E-state index contributed by atoms with van der Waals surface area (Å²) in [6.45, 7) is 0. The Morgan fingerprint density at radius 1 is 1.14 bits per heavy atom. The van der Waals surface area contributed by atoms with Gasteiger partial charge < -0.3 is 5.32 Å². The lowest BCUT2D eigenvalue weighted by Gasteiger charge is -2.12. The van der Waals surface area contributed by atoms with Gasteiger partial charge in [0.1, 0.15) is 0 Å². The average molecular weight is 439 g/mol. The molecule has 0 bridgehead atoms. The lowest BCUT2D eigenvalue weighted by Crippen LogP contribution is -2.35. The molecule has 1 unspecified atom stereocenters. The number of carbonyl (C=O) groups is 1. The van der Waals surface area contributed by atoms with E-state index in [1.165, 1.54) is 42.5 Å². The number of rotatable bonds is 6. The zero-order valence-corrected chi connectivity index (χ0v) is 16.6. The predicted molar refractivity (Wildman–Crippen MR) is 105 cm³/mol. The van der Waals surface area contributed by atoms with E-state index in [4.69, 9.17) is 0 Å². The molecule has 1 aliphatic heterocycles. The Morgan fingerprint density at radius 2 is 1.86 bits per heavy atom. The van der Waals surface area contributed by atoms with E-state index >= 15 is 0 Å². The Kier molecular flexibility index (Phi) is 5.68. The van der Waals surface area contributed by atoms with E-state index in [1.54, 1.807) is 0 Å². The maximum atomic E-state index is 12.5. The van der Waals surface area contributed by atoms with Crippen LogP contribution in [0.15, 0.2) is 53.4 Å². The minimum atomic E-state index is -4.02. The van der Waals surface area contributed by atoms with Crippen molar-refractivity contribution in [2.45, 2.75) is 17.4 Å². The molecule has 1 fully saturated rings. The summed E-state index contributed by atoms with van der Waals surface area (Å²) in [5.41, 5.74) is 0.0139. The standard InChI is InChI=1S/C17H17N3O7S2/c21-17(18-13-4-2-5-15(10-13)20(22)23)12-3-1-6-16(9-12)29(26,27)19-14-7-8-28(24,25)11-14/h1-6,9-10,14,19H,7-8,11H2,(H,18,21). The molecule has 12 heteroatoms. The minimum Gasteiger partial charge on any atom is -0.322 e. The number of sulfone groups is 1. The highest BCUT2D eigenvalue weighted by molar-refractivity contribution is 7.92. The van der Waals surface area contributed by atoms with Crippen molar-refractivity contribution in [1.29, 1.82) is 0 Å². The van der Waals surface area contributed by atoms with Crippen molar-refractivity contribution < 1.29 is 26.6 Å². The van der Waals surface area contributed by atoms with Crippen molar-refractivity contribution in [2.75, 3.05) is 16.8 Å². The van der Waals surface area contributed by atoms with Crippen molar-refractivity contribution in [2.24, 2.45) is 0 Å². The number of sulfonamides is 1. The van der Waals surface area contributed by atoms with E-state index < -0.39 is 36.7 Å². The number of amides is 1. The zero-order valence-electron chi connectivity index (χ0n) is 14.9. The van der Waals surface area contributed by atoms with Crippen LogP contribution in [0.5, 0.6) is 0 Å². The molecule has 1 aliphatic rings. The number of carbonyl (C=O) groups excluding carboxylic acids is 1. The summed E-state index contributed by atoms with van der Waals surface area (Å²) in [7, 11) is -7.28. The maximum Gasteiger partial charge on any atom is 0.271 e. The molecule has 154 valence electrons. The normalized spacial score (nSPS) is 18.3. The number of nitro benzene ring substituents is 1. The fourth-order valence-corrected chi connectivity index (χ4v) is 5.98.